The molecule has 0 spiro atoms. The van der Waals surface area contributed by atoms with Crippen LogP contribution in [0.2, 0.25) is 0 Å². The molecule has 0 atom stereocenters. The van der Waals surface area contributed by atoms with Gasteiger partial charge in [0.25, 0.3) is 0 Å². The Labute approximate surface area is 127 Å². The number of carbonyl (C=O) groups is 1. The monoisotopic (exact) mass is 293 g/mol. The van der Waals surface area contributed by atoms with Crippen LogP contribution in [0.5, 0.6) is 0 Å². The fourth-order valence-corrected chi connectivity index (χ4v) is 3.01. The van der Waals surface area contributed by atoms with Crippen molar-refractivity contribution in [2.45, 2.75) is 38.6 Å². The molecule has 0 N–H and O–H groups in total. The second-order valence-corrected chi connectivity index (χ2v) is 6.12. The Morgan fingerprint density at radius 3 is 2.55 bits per heavy atom. The summed E-state index contributed by atoms with van der Waals surface area (Å²) in [6.45, 7) is 3.26. The molecule has 0 radical (unpaired) electrons. The van der Waals surface area contributed by atoms with Gasteiger partial charge in [-0.2, -0.15) is 0 Å². The predicted molar refractivity (Wildman–Crippen MR) is 84.0 cm³/mol. The molecule has 1 fully saturated rings. The van der Waals surface area contributed by atoms with Gasteiger partial charge in [-0.1, -0.05) is 30.3 Å². The highest BCUT2D eigenvalue weighted by atomic mass is 35.5. The predicted octanol–water partition coefficient (Wildman–Crippen LogP) is 3.88. The number of benzene rings is 1. The highest BCUT2D eigenvalue weighted by Crippen LogP contribution is 2.22. The highest BCUT2D eigenvalue weighted by Gasteiger charge is 2.21. The average molecular weight is 294 g/mol. The van der Waals surface area contributed by atoms with Crippen LogP contribution in [0.15, 0.2) is 30.3 Å². The molecule has 110 valence electrons. The number of carbonyl (C=O) groups excluding carboxylic acids is 1. The Balaban J connectivity index is 1.68. The number of nitrogens with zero attached hydrogens (tertiary/aromatic N) is 1. The minimum absolute atomic E-state index is 0.396. The van der Waals surface area contributed by atoms with E-state index in [-0.39, 0.29) is 0 Å². The molecule has 2 rings (SSSR count). The summed E-state index contributed by atoms with van der Waals surface area (Å²) < 4.78 is 0. The molecule has 1 aromatic rings. The van der Waals surface area contributed by atoms with Crippen LogP contribution in [0, 0.1) is 5.92 Å². The van der Waals surface area contributed by atoms with Crippen LogP contribution in [-0.4, -0.2) is 29.7 Å². The van der Waals surface area contributed by atoms with Gasteiger partial charge in [-0.25, -0.2) is 0 Å². The van der Waals surface area contributed by atoms with Gasteiger partial charge in [0.2, 0.25) is 0 Å². The molecule has 1 aliphatic rings. The Kier molecular flexibility index (Phi) is 6.55. The maximum atomic E-state index is 11.8. The van der Waals surface area contributed by atoms with Crippen LogP contribution in [0.25, 0.3) is 0 Å². The molecule has 1 heterocycles. The molecule has 1 saturated heterocycles. The topological polar surface area (TPSA) is 20.3 Å². The summed E-state index contributed by atoms with van der Waals surface area (Å²) in [6.07, 6.45) is 4.55. The van der Waals surface area contributed by atoms with E-state index in [4.69, 9.17) is 11.6 Å². The molecule has 1 aromatic carbocycles. The van der Waals surface area contributed by atoms with Gasteiger partial charge in [-0.05, 0) is 43.8 Å². The largest absolute Gasteiger partial charge is 0.300 e. The summed E-state index contributed by atoms with van der Waals surface area (Å²) in [5, 5.41) is 0. The Bertz CT molecular complexity index is 399. The van der Waals surface area contributed by atoms with Crippen molar-refractivity contribution in [3.05, 3.63) is 35.9 Å². The molecule has 0 unspecified atom stereocenters. The maximum Gasteiger partial charge on any atom is 0.133 e. The first kappa shape index (κ1) is 15.5. The Morgan fingerprint density at radius 1 is 1.20 bits per heavy atom. The first-order chi connectivity index (χ1) is 9.78. The van der Waals surface area contributed by atoms with Crippen molar-refractivity contribution in [3.8, 4) is 0 Å². The molecule has 0 saturated carbocycles. The number of hydrogen-bond acceptors (Lipinski definition) is 2. The normalized spacial score (nSPS) is 17.2. The first-order valence-corrected chi connectivity index (χ1v) is 8.15. The third-order valence-electron chi connectivity index (χ3n) is 4.06. The van der Waals surface area contributed by atoms with Gasteiger partial charge in [0, 0.05) is 25.3 Å². The van der Waals surface area contributed by atoms with Crippen molar-refractivity contribution in [3.63, 3.8) is 0 Å². The van der Waals surface area contributed by atoms with Crippen molar-refractivity contribution in [1.82, 2.24) is 4.90 Å². The Morgan fingerprint density at radius 2 is 1.90 bits per heavy atom. The fraction of sp³-hybridized carbons (Fsp3) is 0.588. The number of piperidine rings is 1. The van der Waals surface area contributed by atoms with E-state index in [1.165, 1.54) is 5.56 Å². The molecule has 3 heteroatoms. The molecule has 20 heavy (non-hydrogen) atoms. The van der Waals surface area contributed by atoms with Crippen LogP contribution in [0.1, 0.15) is 37.7 Å². The second kappa shape index (κ2) is 8.43. The van der Waals surface area contributed by atoms with E-state index in [1.54, 1.807) is 0 Å². The van der Waals surface area contributed by atoms with Crippen LogP contribution in [-0.2, 0) is 11.3 Å². The molecule has 0 bridgehead atoms. The summed E-state index contributed by atoms with van der Waals surface area (Å²) in [5.74, 6) is 1.58. The summed E-state index contributed by atoms with van der Waals surface area (Å²) in [6, 6.07) is 10.6. The SMILES string of the molecule is O=C(CCCCl)CC1CCN(Cc2ccccc2)CC1. The zero-order valence-corrected chi connectivity index (χ0v) is 12.8. The summed E-state index contributed by atoms with van der Waals surface area (Å²) >= 11 is 5.63. The van der Waals surface area contributed by atoms with E-state index in [1.807, 2.05) is 0 Å². The van der Waals surface area contributed by atoms with E-state index in [2.05, 4.69) is 35.2 Å². The standard InChI is InChI=1S/C17H24ClNO/c18-10-4-7-17(20)13-15-8-11-19(12-9-15)14-16-5-2-1-3-6-16/h1-3,5-6,15H,4,7-14H2. The van der Waals surface area contributed by atoms with Gasteiger partial charge in [-0.3, -0.25) is 9.69 Å². The molecular formula is C17H24ClNO. The number of ketones is 1. The van der Waals surface area contributed by atoms with Gasteiger partial charge in [0.1, 0.15) is 5.78 Å². The van der Waals surface area contributed by atoms with E-state index >= 15 is 0 Å². The number of Topliss-reactive ketones (excluding diaryl/α,β-unsaturated/α-hetero) is 1. The second-order valence-electron chi connectivity index (χ2n) is 5.74. The fourth-order valence-electron chi connectivity index (χ4n) is 2.88. The van der Waals surface area contributed by atoms with Crippen molar-refractivity contribution < 1.29 is 4.79 Å². The molecule has 1 aliphatic heterocycles. The number of hydrogen-bond donors (Lipinski definition) is 0. The Hall–Kier alpha value is -0.860. The van der Waals surface area contributed by atoms with Gasteiger partial charge >= 0.3 is 0 Å². The van der Waals surface area contributed by atoms with E-state index < -0.39 is 0 Å². The maximum absolute atomic E-state index is 11.8. The van der Waals surface area contributed by atoms with Gasteiger partial charge in [-0.15, -0.1) is 11.6 Å². The van der Waals surface area contributed by atoms with E-state index in [0.717, 1.165) is 45.3 Å². The number of likely N-dealkylation sites (tertiary alicyclic amines) is 1. The summed E-state index contributed by atoms with van der Waals surface area (Å²) in [5.41, 5.74) is 1.38. The lowest BCUT2D eigenvalue weighted by Crippen LogP contribution is -2.33. The van der Waals surface area contributed by atoms with Crippen molar-refractivity contribution >= 4 is 17.4 Å². The third-order valence-corrected chi connectivity index (χ3v) is 4.33. The van der Waals surface area contributed by atoms with Crippen molar-refractivity contribution in [1.29, 1.82) is 0 Å². The van der Waals surface area contributed by atoms with Gasteiger partial charge < -0.3 is 0 Å². The third kappa shape index (κ3) is 5.26. The van der Waals surface area contributed by atoms with Crippen LogP contribution < -0.4 is 0 Å². The van der Waals surface area contributed by atoms with Crippen LogP contribution in [0.4, 0.5) is 0 Å². The first-order valence-electron chi connectivity index (χ1n) is 7.62. The molecule has 2 nitrogen and oxygen atoms in total. The van der Waals surface area contributed by atoms with E-state index in [0.29, 0.717) is 24.0 Å². The lowest BCUT2D eigenvalue weighted by molar-refractivity contribution is -0.120. The molecule has 0 amide bonds. The number of halogens is 1. The zero-order chi connectivity index (χ0) is 14.2. The summed E-state index contributed by atoms with van der Waals surface area (Å²) in [7, 11) is 0. The molecule has 0 aromatic heterocycles. The quantitative estimate of drug-likeness (QED) is 0.711. The molecule has 0 aliphatic carbocycles. The number of alkyl halides is 1. The lowest BCUT2D eigenvalue weighted by Gasteiger charge is -2.31. The molecular weight excluding hydrogens is 270 g/mol. The lowest BCUT2D eigenvalue weighted by atomic mass is 9.90. The summed E-state index contributed by atoms with van der Waals surface area (Å²) in [4.78, 5) is 14.3. The van der Waals surface area contributed by atoms with E-state index in [9.17, 15) is 4.79 Å². The van der Waals surface area contributed by atoms with Crippen LogP contribution >= 0.6 is 11.6 Å². The van der Waals surface area contributed by atoms with Crippen LogP contribution in [0.3, 0.4) is 0 Å². The highest BCUT2D eigenvalue weighted by molar-refractivity contribution is 6.17. The minimum Gasteiger partial charge on any atom is -0.300 e. The minimum atomic E-state index is 0.396. The number of rotatable bonds is 7. The van der Waals surface area contributed by atoms with Crippen molar-refractivity contribution in [2.75, 3.05) is 19.0 Å². The van der Waals surface area contributed by atoms with Crippen molar-refractivity contribution in [2.24, 2.45) is 5.92 Å². The zero-order valence-electron chi connectivity index (χ0n) is 12.1. The van der Waals surface area contributed by atoms with Gasteiger partial charge in [0.15, 0.2) is 0 Å². The smallest absolute Gasteiger partial charge is 0.133 e. The van der Waals surface area contributed by atoms with Gasteiger partial charge in [0.05, 0.1) is 0 Å². The average Bonchev–Trinajstić information content (AvgIpc) is 2.48.